The van der Waals surface area contributed by atoms with E-state index < -0.39 is 17.8 Å². The lowest BCUT2D eigenvalue weighted by Crippen LogP contribution is -2.55. The molecule has 0 radical (unpaired) electrons. The number of anilines is 2. The minimum absolute atomic E-state index is 0.0974. The third-order valence-electron chi connectivity index (χ3n) is 18.8. The Labute approximate surface area is 464 Å². The number of nitriles is 2. The third kappa shape index (κ3) is 11.3. The van der Waals surface area contributed by atoms with Crippen LogP contribution in [0.1, 0.15) is 96.1 Å². The highest BCUT2D eigenvalue weighted by atomic mass is 19.1. The zero-order chi connectivity index (χ0) is 54.8. The second-order valence-corrected chi connectivity index (χ2v) is 23.8. The minimum atomic E-state index is -0.994. The Morgan fingerprint density at radius 3 is 1.53 bits per heavy atom. The number of likely N-dealkylation sites (N-methyl/N-ethyl adjacent to an activating group) is 2. The van der Waals surface area contributed by atoms with E-state index in [1.807, 2.05) is 0 Å². The average molecular weight is 1070 g/mol. The highest BCUT2D eigenvalue weighted by molar-refractivity contribution is 5.91. The van der Waals surface area contributed by atoms with Crippen LogP contribution in [-0.4, -0.2) is 155 Å². The number of likely N-dealkylation sites (tertiary alicyclic amines) is 2. The molecule has 2 amide bonds. The number of nitrogens with zero attached hydrogens (tertiary/aromatic N) is 12. The Balaban J connectivity index is 0.000000167. The molecule has 2 aromatic heterocycles. The summed E-state index contributed by atoms with van der Waals surface area (Å²) in [6, 6.07) is 23.0. The number of amides is 2. The van der Waals surface area contributed by atoms with Crippen molar-refractivity contribution in [2.24, 2.45) is 10.8 Å². The maximum absolute atomic E-state index is 13.8. The quantitative estimate of drug-likeness (QED) is 0.133. The van der Waals surface area contributed by atoms with E-state index in [-0.39, 0.29) is 35.6 Å². The SMILES string of the molecule is C=C(F)C(=O)N1CCN(c2nc(OC[C@@H]3CCCN3C)nc3c2C[C@]2(CCc4ccccc4C2)C3)C[C@@H]1CC#N.C=CC(=O)N1CCN(c2nc(OC[C@@H]3CCCN3C)nc3c2C[C@]2(CCc4ccccc4C2)C3)C[C@@H]1CC#N. The lowest BCUT2D eigenvalue weighted by molar-refractivity contribution is -0.131. The molecule has 414 valence electrons. The highest BCUT2D eigenvalue weighted by Crippen LogP contribution is 2.50. The van der Waals surface area contributed by atoms with Gasteiger partial charge in [-0.2, -0.15) is 30.5 Å². The molecule has 4 aliphatic heterocycles. The van der Waals surface area contributed by atoms with E-state index in [1.165, 1.54) is 51.6 Å². The van der Waals surface area contributed by atoms with E-state index in [0.717, 1.165) is 119 Å². The van der Waals surface area contributed by atoms with Crippen LogP contribution < -0.4 is 19.3 Å². The van der Waals surface area contributed by atoms with Crippen LogP contribution >= 0.6 is 0 Å². The van der Waals surface area contributed by atoms with Crippen LogP contribution in [0.2, 0.25) is 0 Å². The molecule has 79 heavy (non-hydrogen) atoms. The molecule has 4 aromatic rings. The summed E-state index contributed by atoms with van der Waals surface area (Å²) in [4.78, 5) is 57.3. The van der Waals surface area contributed by atoms with Crippen molar-refractivity contribution in [2.75, 3.05) is 89.5 Å². The summed E-state index contributed by atoms with van der Waals surface area (Å²) in [6.45, 7) is 13.1. The fourth-order valence-electron chi connectivity index (χ4n) is 14.4. The van der Waals surface area contributed by atoms with Gasteiger partial charge in [0.25, 0.3) is 5.91 Å². The number of benzene rings is 2. The molecule has 0 unspecified atom stereocenters. The predicted molar refractivity (Wildman–Crippen MR) is 299 cm³/mol. The molecule has 4 fully saturated rings. The number of piperazine rings is 2. The molecule has 0 bridgehead atoms. The predicted octanol–water partition coefficient (Wildman–Crippen LogP) is 6.98. The molecular weight excluding hydrogens is 996 g/mol. The molecular formula is C62H75FN12O4. The number of hydrogen-bond donors (Lipinski definition) is 0. The van der Waals surface area contributed by atoms with E-state index in [2.05, 4.69) is 108 Å². The standard InChI is InChI=1S/C31H37FN6O2.C31H38N6O2/c1-21(32)29(39)38-15-14-37(19-24(38)10-12-33)28-26-17-31(11-9-22-6-3-4-7-23(22)16-31)18-27(26)34-30(35-28)40-20-25-8-5-13-36(25)2;1-3-28(38)37-16-15-36(20-24(37)11-13-32)29-26-18-31(12-10-22-7-4-5-8-23(22)17-31)19-27(26)33-30(34-29)39-21-25-9-6-14-35(25)2/h3-4,6-7,24-25H,1,5,8-11,13-20H2,2H3;3-5,7-8,24-25H,1,6,9-12,14-21H2,2H3/t2*24-,25-,31+/m00/s1. The molecule has 12 rings (SSSR count). The maximum Gasteiger partial charge on any atom is 0.318 e. The molecule has 17 heteroatoms. The topological polar surface area (TPSA) is 171 Å². The van der Waals surface area contributed by atoms with Gasteiger partial charge in [0, 0.05) is 62.5 Å². The van der Waals surface area contributed by atoms with Gasteiger partial charge in [-0.1, -0.05) is 61.7 Å². The van der Waals surface area contributed by atoms with Gasteiger partial charge < -0.3 is 38.9 Å². The first-order valence-corrected chi connectivity index (χ1v) is 28.8. The number of carbonyl (C=O) groups is 2. The first-order chi connectivity index (χ1) is 38.3. The summed E-state index contributed by atoms with van der Waals surface area (Å²) in [7, 11) is 4.28. The van der Waals surface area contributed by atoms with E-state index in [4.69, 9.17) is 29.4 Å². The Hall–Kier alpha value is -6.95. The fourth-order valence-corrected chi connectivity index (χ4v) is 14.4. The van der Waals surface area contributed by atoms with Crippen molar-refractivity contribution in [1.82, 2.24) is 39.5 Å². The molecule has 2 aromatic carbocycles. The maximum atomic E-state index is 13.8. The summed E-state index contributed by atoms with van der Waals surface area (Å²) < 4.78 is 26.3. The second-order valence-electron chi connectivity index (χ2n) is 23.8. The zero-order valence-electron chi connectivity index (χ0n) is 46.2. The van der Waals surface area contributed by atoms with Crippen LogP contribution in [0.5, 0.6) is 12.0 Å². The molecule has 8 aliphatic rings. The molecule has 6 atom stereocenters. The molecule has 6 heterocycles. The first kappa shape index (κ1) is 54.0. The van der Waals surface area contributed by atoms with Crippen LogP contribution in [0.15, 0.2) is 73.6 Å². The highest BCUT2D eigenvalue weighted by Gasteiger charge is 2.46. The third-order valence-corrected chi connectivity index (χ3v) is 18.8. The largest absolute Gasteiger partial charge is 0.462 e. The van der Waals surface area contributed by atoms with Crippen LogP contribution in [-0.2, 0) is 61.0 Å². The molecule has 2 spiro atoms. The fraction of sp³-hybridized carbons (Fsp3) is 0.548. The van der Waals surface area contributed by atoms with Crippen molar-refractivity contribution >= 4 is 23.5 Å². The second kappa shape index (κ2) is 23.0. The molecule has 0 saturated carbocycles. The number of hydrogen-bond acceptors (Lipinski definition) is 14. The van der Waals surface area contributed by atoms with Crippen LogP contribution in [0.4, 0.5) is 16.0 Å². The minimum Gasteiger partial charge on any atom is -0.462 e. The van der Waals surface area contributed by atoms with Gasteiger partial charge in [-0.15, -0.1) is 0 Å². The summed E-state index contributed by atoms with van der Waals surface area (Å²) in [5.74, 6) is -0.0834. The van der Waals surface area contributed by atoms with Crippen LogP contribution in [0, 0.1) is 33.5 Å². The van der Waals surface area contributed by atoms with Gasteiger partial charge >= 0.3 is 12.0 Å². The van der Waals surface area contributed by atoms with Gasteiger partial charge in [0.1, 0.15) is 24.8 Å². The Morgan fingerprint density at radius 2 is 1.10 bits per heavy atom. The molecule has 4 saturated heterocycles. The van der Waals surface area contributed by atoms with Crippen molar-refractivity contribution in [2.45, 2.75) is 127 Å². The first-order valence-electron chi connectivity index (χ1n) is 28.8. The number of ether oxygens (including phenoxy) is 2. The van der Waals surface area contributed by atoms with Crippen molar-refractivity contribution < 1.29 is 23.5 Å². The van der Waals surface area contributed by atoms with E-state index in [9.17, 15) is 24.5 Å². The summed E-state index contributed by atoms with van der Waals surface area (Å²) in [5.41, 5.74) is 10.6. The Bertz CT molecular complexity index is 3070. The van der Waals surface area contributed by atoms with Crippen molar-refractivity contribution in [3.05, 3.63) is 118 Å². The summed E-state index contributed by atoms with van der Waals surface area (Å²) in [6.07, 6.45) is 16.4. The molecule has 4 aliphatic carbocycles. The lowest BCUT2D eigenvalue weighted by Gasteiger charge is -2.41. The van der Waals surface area contributed by atoms with Gasteiger partial charge in [-0.25, -0.2) is 4.39 Å². The Morgan fingerprint density at radius 1 is 0.646 bits per heavy atom. The van der Waals surface area contributed by atoms with Crippen molar-refractivity contribution in [3.63, 3.8) is 0 Å². The van der Waals surface area contributed by atoms with Gasteiger partial charge in [0.2, 0.25) is 5.91 Å². The van der Waals surface area contributed by atoms with E-state index >= 15 is 0 Å². The number of carbonyl (C=O) groups excluding carboxylic acids is 2. The number of fused-ring (bicyclic) bond motifs is 4. The van der Waals surface area contributed by atoms with Crippen molar-refractivity contribution in [3.8, 4) is 24.2 Å². The monoisotopic (exact) mass is 1070 g/mol. The van der Waals surface area contributed by atoms with E-state index in [0.29, 0.717) is 76.6 Å². The number of aryl methyl sites for hydroxylation is 2. The van der Waals surface area contributed by atoms with Crippen molar-refractivity contribution in [1.29, 1.82) is 10.5 Å². The summed E-state index contributed by atoms with van der Waals surface area (Å²) in [5, 5.41) is 19.0. The number of aromatic nitrogens is 4. The van der Waals surface area contributed by atoms with Gasteiger partial charge in [-0.05, 0) is 156 Å². The summed E-state index contributed by atoms with van der Waals surface area (Å²) >= 11 is 0. The number of halogens is 1. The zero-order valence-corrected chi connectivity index (χ0v) is 46.2. The van der Waals surface area contributed by atoms with Gasteiger partial charge in [0.15, 0.2) is 5.83 Å². The molecule has 0 N–H and O–H groups in total. The number of rotatable bonds is 12. The van der Waals surface area contributed by atoms with Crippen LogP contribution in [0.25, 0.3) is 0 Å². The smallest absolute Gasteiger partial charge is 0.318 e. The Kier molecular flexibility index (Phi) is 15.7. The van der Waals surface area contributed by atoms with Gasteiger partial charge in [-0.3, -0.25) is 9.59 Å². The van der Waals surface area contributed by atoms with Crippen LogP contribution in [0.3, 0.4) is 0 Å². The van der Waals surface area contributed by atoms with E-state index in [1.54, 1.807) is 4.90 Å². The van der Waals surface area contributed by atoms with Gasteiger partial charge in [0.05, 0.1) is 48.5 Å². The lowest BCUT2D eigenvalue weighted by atomic mass is 9.70. The molecule has 16 nitrogen and oxygen atoms in total. The normalized spacial score (nSPS) is 26.1. The average Bonchev–Trinajstić information content (AvgIpc) is 4.26.